The smallest absolute Gasteiger partial charge is 0.265 e. The second-order valence-corrected chi connectivity index (χ2v) is 5.15. The predicted molar refractivity (Wildman–Crippen MR) is 67.0 cm³/mol. The fraction of sp³-hybridized carbons (Fsp3) is 0.600. The van der Waals surface area contributed by atoms with Crippen LogP contribution < -0.4 is 5.73 Å². The Morgan fingerprint density at radius 3 is 1.59 bits per heavy atom. The topological polar surface area (TPSA) is 115 Å². The standard InChI is InChI=1S/C4H10O3S.C3H5NO.C3H6O/c1-4(2)3-8(5,6)7;1-2-3(4)5;1-3(2)4/h4H,3H2,1-2H3,(H,5,6,7);2H,1H2,(H2,4,5);1-2H3. The number of nitrogens with two attached hydrogens (primary N) is 1. The first-order valence-corrected chi connectivity index (χ1v) is 6.37. The predicted octanol–water partition coefficient (Wildman–Crippen LogP) is 0.783. The summed E-state index contributed by atoms with van der Waals surface area (Å²) in [7, 11) is -3.72. The molecule has 1 amide bonds. The molecule has 0 aromatic carbocycles. The first-order chi connectivity index (χ1) is 7.42. The number of carbonyl (C=O) groups excluding carboxylic acids is 2. The highest BCUT2D eigenvalue weighted by molar-refractivity contribution is 7.85. The van der Waals surface area contributed by atoms with Gasteiger partial charge in [0.15, 0.2) is 0 Å². The van der Waals surface area contributed by atoms with Crippen LogP contribution in [0.3, 0.4) is 0 Å². The van der Waals surface area contributed by atoms with E-state index in [0.717, 1.165) is 6.08 Å². The average molecular weight is 267 g/mol. The zero-order valence-electron chi connectivity index (χ0n) is 10.6. The molecular weight excluding hydrogens is 246 g/mol. The lowest BCUT2D eigenvalue weighted by molar-refractivity contribution is -0.115. The largest absolute Gasteiger partial charge is 0.366 e. The highest BCUT2D eigenvalue weighted by Crippen LogP contribution is 1.95. The van der Waals surface area contributed by atoms with Crippen LogP contribution in [0.15, 0.2) is 12.7 Å². The van der Waals surface area contributed by atoms with E-state index in [0.29, 0.717) is 0 Å². The first kappa shape index (κ1) is 21.1. The molecule has 0 aromatic rings. The van der Waals surface area contributed by atoms with Crippen molar-refractivity contribution in [2.75, 3.05) is 5.75 Å². The monoisotopic (exact) mass is 267 g/mol. The second-order valence-electron chi connectivity index (χ2n) is 3.66. The van der Waals surface area contributed by atoms with Crippen molar-refractivity contribution in [3.8, 4) is 0 Å². The summed E-state index contributed by atoms with van der Waals surface area (Å²) in [6.45, 7) is 9.60. The molecule has 0 spiro atoms. The fourth-order valence-corrected chi connectivity index (χ4v) is 1.26. The molecule has 0 heterocycles. The summed E-state index contributed by atoms with van der Waals surface area (Å²) in [5.74, 6) is -0.456. The van der Waals surface area contributed by atoms with Gasteiger partial charge in [-0.15, -0.1) is 0 Å². The Bertz CT molecular complexity index is 329. The molecule has 0 aliphatic heterocycles. The molecule has 17 heavy (non-hydrogen) atoms. The Balaban J connectivity index is -0.000000188. The Morgan fingerprint density at radius 2 is 1.59 bits per heavy atom. The number of amides is 1. The molecule has 0 radical (unpaired) electrons. The fourth-order valence-electron chi connectivity index (χ4n) is 0.421. The van der Waals surface area contributed by atoms with Gasteiger partial charge in [-0.25, -0.2) is 0 Å². The van der Waals surface area contributed by atoms with Crippen molar-refractivity contribution in [2.24, 2.45) is 11.7 Å². The molecule has 0 bridgehead atoms. The summed E-state index contributed by atoms with van der Waals surface area (Å²) in [6, 6.07) is 0. The highest BCUT2D eigenvalue weighted by Gasteiger charge is 2.05. The normalized spacial score (nSPS) is 9.29. The number of Topliss-reactive ketones (excluding diaryl/α,β-unsaturated/α-hetero) is 1. The minimum absolute atomic E-state index is 0.00463. The van der Waals surface area contributed by atoms with Crippen LogP contribution in [0.1, 0.15) is 27.7 Å². The van der Waals surface area contributed by atoms with Crippen molar-refractivity contribution >= 4 is 21.8 Å². The Labute approximate surface area is 103 Å². The van der Waals surface area contributed by atoms with E-state index in [4.69, 9.17) is 4.55 Å². The number of carbonyl (C=O) groups is 2. The van der Waals surface area contributed by atoms with E-state index in [2.05, 4.69) is 12.3 Å². The van der Waals surface area contributed by atoms with Gasteiger partial charge in [0, 0.05) is 0 Å². The van der Waals surface area contributed by atoms with E-state index in [1.54, 1.807) is 13.8 Å². The molecule has 0 saturated carbocycles. The molecule has 102 valence electrons. The first-order valence-electron chi connectivity index (χ1n) is 4.76. The van der Waals surface area contributed by atoms with E-state index in [1.165, 1.54) is 13.8 Å². The van der Waals surface area contributed by atoms with Gasteiger partial charge in [0.25, 0.3) is 10.1 Å². The molecule has 7 heteroatoms. The molecule has 3 N–H and O–H groups in total. The summed E-state index contributed by atoms with van der Waals surface area (Å²) in [6.07, 6.45) is 1.06. The lowest BCUT2D eigenvalue weighted by Crippen LogP contribution is -2.09. The SMILES string of the molecule is C=CC(N)=O.CC(C)=O.CC(C)CS(=O)(=O)O. The lowest BCUT2D eigenvalue weighted by Gasteiger charge is -1.97. The second kappa shape index (κ2) is 11.3. The quantitative estimate of drug-likeness (QED) is 0.579. The lowest BCUT2D eigenvalue weighted by atomic mass is 10.3. The molecule has 0 saturated heterocycles. The van der Waals surface area contributed by atoms with Crippen LogP contribution in [-0.2, 0) is 19.7 Å². The Kier molecular flexibility index (Phi) is 14.0. The Morgan fingerprint density at radius 1 is 1.35 bits per heavy atom. The van der Waals surface area contributed by atoms with E-state index in [-0.39, 0.29) is 17.5 Å². The van der Waals surface area contributed by atoms with Crippen LogP contribution in [-0.4, -0.2) is 30.4 Å². The van der Waals surface area contributed by atoms with E-state index >= 15 is 0 Å². The van der Waals surface area contributed by atoms with E-state index in [1.807, 2.05) is 0 Å². The number of rotatable bonds is 3. The van der Waals surface area contributed by atoms with Crippen LogP contribution in [0.2, 0.25) is 0 Å². The summed E-state index contributed by atoms with van der Waals surface area (Å²) >= 11 is 0. The third-order valence-corrected chi connectivity index (χ3v) is 1.83. The zero-order chi connectivity index (χ0) is 14.6. The van der Waals surface area contributed by atoms with Crippen LogP contribution in [0, 0.1) is 5.92 Å². The van der Waals surface area contributed by atoms with Gasteiger partial charge in [-0.2, -0.15) is 8.42 Å². The van der Waals surface area contributed by atoms with Gasteiger partial charge in [-0.3, -0.25) is 9.35 Å². The van der Waals surface area contributed by atoms with E-state index < -0.39 is 16.0 Å². The van der Waals surface area contributed by atoms with Crippen molar-refractivity contribution in [1.29, 1.82) is 0 Å². The molecule has 0 aliphatic carbocycles. The maximum Gasteiger partial charge on any atom is 0.265 e. The zero-order valence-corrected chi connectivity index (χ0v) is 11.5. The van der Waals surface area contributed by atoms with Gasteiger partial charge in [0.1, 0.15) is 5.78 Å². The molecular formula is C10H21NO5S. The van der Waals surface area contributed by atoms with Crippen molar-refractivity contribution in [3.05, 3.63) is 12.7 Å². The summed E-state index contributed by atoms with van der Waals surface area (Å²) in [5, 5.41) is 0. The molecule has 6 nitrogen and oxygen atoms in total. The van der Waals surface area contributed by atoms with Gasteiger partial charge in [-0.05, 0) is 25.8 Å². The molecule has 0 aliphatic rings. The average Bonchev–Trinajstić information content (AvgIpc) is 1.98. The van der Waals surface area contributed by atoms with Crippen LogP contribution >= 0.6 is 0 Å². The number of primary amides is 1. The minimum Gasteiger partial charge on any atom is -0.366 e. The number of hydrogen-bond donors (Lipinski definition) is 2. The Hall–Kier alpha value is -1.21. The molecule has 0 rings (SSSR count). The minimum atomic E-state index is -3.72. The van der Waals surface area contributed by atoms with Crippen LogP contribution in [0.4, 0.5) is 0 Å². The van der Waals surface area contributed by atoms with E-state index in [9.17, 15) is 18.0 Å². The van der Waals surface area contributed by atoms with Gasteiger partial charge < -0.3 is 10.5 Å². The summed E-state index contributed by atoms with van der Waals surface area (Å²) in [5.41, 5.74) is 4.53. The van der Waals surface area contributed by atoms with Gasteiger partial charge in [0.2, 0.25) is 5.91 Å². The van der Waals surface area contributed by atoms with Crippen molar-refractivity contribution in [1.82, 2.24) is 0 Å². The highest BCUT2D eigenvalue weighted by atomic mass is 32.2. The molecule has 0 atom stereocenters. The summed E-state index contributed by atoms with van der Waals surface area (Å²) in [4.78, 5) is 18.9. The molecule has 0 aromatic heterocycles. The number of hydrogen-bond acceptors (Lipinski definition) is 4. The van der Waals surface area contributed by atoms with Gasteiger partial charge in [0.05, 0.1) is 5.75 Å². The maximum atomic E-state index is 10.00. The van der Waals surface area contributed by atoms with Crippen molar-refractivity contribution in [3.63, 3.8) is 0 Å². The summed E-state index contributed by atoms with van der Waals surface area (Å²) < 4.78 is 28.2. The molecule has 0 fully saturated rings. The maximum absolute atomic E-state index is 10.00. The van der Waals surface area contributed by atoms with Gasteiger partial charge in [-0.1, -0.05) is 20.4 Å². The number of ketones is 1. The van der Waals surface area contributed by atoms with Crippen molar-refractivity contribution < 1.29 is 22.6 Å². The van der Waals surface area contributed by atoms with Crippen molar-refractivity contribution in [2.45, 2.75) is 27.7 Å². The van der Waals surface area contributed by atoms with Crippen LogP contribution in [0.5, 0.6) is 0 Å². The molecule has 0 unspecified atom stereocenters. The third-order valence-electron chi connectivity index (χ3n) is 0.745. The van der Waals surface area contributed by atoms with Crippen LogP contribution in [0.25, 0.3) is 0 Å². The van der Waals surface area contributed by atoms with Gasteiger partial charge >= 0.3 is 0 Å². The third kappa shape index (κ3) is 72.2.